The Balaban J connectivity index is 1.65. The van der Waals surface area contributed by atoms with Crippen molar-refractivity contribution in [3.05, 3.63) is 48.0 Å². The van der Waals surface area contributed by atoms with Crippen LogP contribution in [0.25, 0.3) is 0 Å². The number of benzene rings is 2. The monoisotopic (exact) mass is 434 g/mol. The Bertz CT molecular complexity index is 961. The van der Waals surface area contributed by atoms with E-state index in [0.29, 0.717) is 48.7 Å². The summed E-state index contributed by atoms with van der Waals surface area (Å²) < 4.78 is 42.8. The third-order valence-corrected chi connectivity index (χ3v) is 7.05. The maximum absolute atomic E-state index is 12.9. The maximum Gasteiger partial charge on any atom is 0.259 e. The highest BCUT2D eigenvalue weighted by Crippen LogP contribution is 2.29. The van der Waals surface area contributed by atoms with E-state index in [0.717, 1.165) is 0 Å². The molecule has 3 rings (SSSR count). The third kappa shape index (κ3) is 4.52. The van der Waals surface area contributed by atoms with Crippen LogP contribution >= 0.6 is 0 Å². The van der Waals surface area contributed by atoms with Crippen LogP contribution in [0.5, 0.6) is 17.2 Å². The smallest absolute Gasteiger partial charge is 0.259 e. The topological polar surface area (TPSA) is 94.2 Å². The predicted octanol–water partition coefficient (Wildman–Crippen LogP) is 2.30. The highest BCUT2D eigenvalue weighted by Gasteiger charge is 2.31. The summed E-state index contributed by atoms with van der Waals surface area (Å²) in [6.45, 7) is 0.644. The highest BCUT2D eigenvalue weighted by atomic mass is 32.2. The van der Waals surface area contributed by atoms with Crippen molar-refractivity contribution in [3.63, 3.8) is 0 Å². The van der Waals surface area contributed by atoms with E-state index in [1.165, 1.54) is 37.8 Å². The second-order valence-electron chi connectivity index (χ2n) is 6.86. The Morgan fingerprint density at radius 1 is 0.933 bits per heavy atom. The lowest BCUT2D eigenvalue weighted by atomic mass is 10.1. The average molecular weight is 435 g/mol. The molecule has 0 atom stereocenters. The molecule has 0 unspecified atom stereocenters. The van der Waals surface area contributed by atoms with Gasteiger partial charge in [0, 0.05) is 19.1 Å². The number of nitrogens with zero attached hydrogens (tertiary/aromatic N) is 1. The van der Waals surface area contributed by atoms with Gasteiger partial charge in [0.05, 0.1) is 26.2 Å². The number of sulfonamides is 1. The average Bonchev–Trinajstić information content (AvgIpc) is 2.78. The van der Waals surface area contributed by atoms with Crippen molar-refractivity contribution in [1.82, 2.24) is 9.62 Å². The molecule has 2 aromatic carbocycles. The number of carbonyl (C=O) groups excluding carboxylic acids is 1. The maximum atomic E-state index is 12.9. The zero-order valence-electron chi connectivity index (χ0n) is 17.3. The lowest BCUT2D eigenvalue weighted by Crippen LogP contribution is -2.46. The quantitative estimate of drug-likeness (QED) is 0.719. The largest absolute Gasteiger partial charge is 0.497 e. The van der Waals surface area contributed by atoms with E-state index in [1.807, 2.05) is 0 Å². The molecule has 1 amide bonds. The lowest BCUT2D eigenvalue weighted by molar-refractivity contribution is 0.0917. The molecule has 1 aliphatic heterocycles. The van der Waals surface area contributed by atoms with Gasteiger partial charge in [-0.2, -0.15) is 4.31 Å². The molecule has 9 heteroatoms. The lowest BCUT2D eigenvalue weighted by Gasteiger charge is -2.31. The van der Waals surface area contributed by atoms with Crippen molar-refractivity contribution in [1.29, 1.82) is 0 Å². The summed E-state index contributed by atoms with van der Waals surface area (Å²) in [7, 11) is 0.932. The molecule has 0 saturated carbocycles. The molecule has 1 aliphatic rings. The standard InChI is InChI=1S/C21H26N2O6S/c1-27-16-7-9-17(10-8-16)30(25,26)23-13-11-15(12-14-23)22-21(24)20-18(28-2)5-4-6-19(20)29-3/h4-10,15H,11-14H2,1-3H3,(H,22,24). The molecule has 1 N–H and O–H groups in total. The molecule has 1 saturated heterocycles. The van der Waals surface area contributed by atoms with Crippen LogP contribution in [0.3, 0.4) is 0 Å². The first-order chi connectivity index (χ1) is 14.4. The fourth-order valence-electron chi connectivity index (χ4n) is 3.47. The normalized spacial score (nSPS) is 15.4. The van der Waals surface area contributed by atoms with E-state index in [2.05, 4.69) is 5.32 Å². The molecule has 2 aromatic rings. The number of methoxy groups -OCH3 is 3. The Morgan fingerprint density at radius 3 is 2.00 bits per heavy atom. The van der Waals surface area contributed by atoms with Gasteiger partial charge >= 0.3 is 0 Å². The van der Waals surface area contributed by atoms with Crippen LogP contribution in [0.1, 0.15) is 23.2 Å². The van der Waals surface area contributed by atoms with Crippen LogP contribution in [-0.4, -0.2) is 59.1 Å². The number of nitrogens with one attached hydrogen (secondary N) is 1. The summed E-state index contributed by atoms with van der Waals surface area (Å²) in [5.74, 6) is 1.14. The summed E-state index contributed by atoms with van der Waals surface area (Å²) in [5.41, 5.74) is 0.329. The minimum atomic E-state index is -3.59. The van der Waals surface area contributed by atoms with Crippen LogP contribution in [0, 0.1) is 0 Å². The van der Waals surface area contributed by atoms with Gasteiger partial charge in [0.2, 0.25) is 10.0 Å². The molecule has 1 heterocycles. The number of piperidine rings is 1. The van der Waals surface area contributed by atoms with Gasteiger partial charge < -0.3 is 19.5 Å². The summed E-state index contributed by atoms with van der Waals surface area (Å²) >= 11 is 0. The molecular weight excluding hydrogens is 408 g/mol. The van der Waals surface area contributed by atoms with Crippen molar-refractivity contribution in [3.8, 4) is 17.2 Å². The van der Waals surface area contributed by atoms with Gasteiger partial charge in [-0.1, -0.05) is 6.07 Å². The van der Waals surface area contributed by atoms with Gasteiger partial charge in [-0.3, -0.25) is 4.79 Å². The summed E-state index contributed by atoms with van der Waals surface area (Å²) in [6, 6.07) is 11.3. The molecule has 0 aromatic heterocycles. The SMILES string of the molecule is COc1ccc(S(=O)(=O)N2CCC(NC(=O)c3c(OC)cccc3OC)CC2)cc1. The number of ether oxygens (including phenoxy) is 3. The van der Waals surface area contributed by atoms with Crippen LogP contribution in [-0.2, 0) is 10.0 Å². The van der Waals surface area contributed by atoms with E-state index >= 15 is 0 Å². The van der Waals surface area contributed by atoms with Crippen molar-refractivity contribution in [2.45, 2.75) is 23.8 Å². The molecule has 8 nitrogen and oxygen atoms in total. The van der Waals surface area contributed by atoms with Crippen molar-refractivity contribution < 1.29 is 27.4 Å². The van der Waals surface area contributed by atoms with Crippen molar-refractivity contribution in [2.75, 3.05) is 34.4 Å². The van der Waals surface area contributed by atoms with E-state index in [-0.39, 0.29) is 16.8 Å². The zero-order chi connectivity index (χ0) is 21.7. The predicted molar refractivity (Wildman–Crippen MR) is 112 cm³/mol. The van der Waals surface area contributed by atoms with E-state index < -0.39 is 10.0 Å². The van der Waals surface area contributed by atoms with Gasteiger partial charge in [-0.15, -0.1) is 0 Å². The van der Waals surface area contributed by atoms with Gasteiger partial charge in [0.1, 0.15) is 22.8 Å². The number of hydrogen-bond donors (Lipinski definition) is 1. The van der Waals surface area contributed by atoms with E-state index in [1.54, 1.807) is 30.3 Å². The van der Waals surface area contributed by atoms with Gasteiger partial charge in [-0.05, 0) is 49.2 Å². The van der Waals surface area contributed by atoms with Crippen molar-refractivity contribution >= 4 is 15.9 Å². The van der Waals surface area contributed by atoms with Crippen LogP contribution in [0.15, 0.2) is 47.4 Å². The Morgan fingerprint density at radius 2 is 1.50 bits per heavy atom. The molecule has 30 heavy (non-hydrogen) atoms. The zero-order valence-corrected chi connectivity index (χ0v) is 18.1. The summed E-state index contributed by atoms with van der Waals surface area (Å²) in [4.78, 5) is 13.0. The van der Waals surface area contributed by atoms with Crippen LogP contribution in [0.2, 0.25) is 0 Å². The molecule has 1 fully saturated rings. The minimum Gasteiger partial charge on any atom is -0.497 e. The number of hydrogen-bond acceptors (Lipinski definition) is 6. The van der Waals surface area contributed by atoms with Gasteiger partial charge in [0.15, 0.2) is 0 Å². The molecule has 0 bridgehead atoms. The molecule has 0 aliphatic carbocycles. The molecule has 162 valence electrons. The minimum absolute atomic E-state index is 0.144. The van der Waals surface area contributed by atoms with E-state index in [4.69, 9.17) is 14.2 Å². The van der Waals surface area contributed by atoms with Crippen molar-refractivity contribution in [2.24, 2.45) is 0 Å². The van der Waals surface area contributed by atoms with Gasteiger partial charge in [0.25, 0.3) is 5.91 Å². The molecule has 0 radical (unpaired) electrons. The number of amides is 1. The summed E-state index contributed by atoms with van der Waals surface area (Å²) in [6.07, 6.45) is 1.02. The Hall–Kier alpha value is -2.78. The highest BCUT2D eigenvalue weighted by molar-refractivity contribution is 7.89. The third-order valence-electron chi connectivity index (χ3n) is 5.14. The second kappa shape index (κ2) is 9.36. The van der Waals surface area contributed by atoms with E-state index in [9.17, 15) is 13.2 Å². The fourth-order valence-corrected chi connectivity index (χ4v) is 4.94. The second-order valence-corrected chi connectivity index (χ2v) is 8.80. The molecular formula is C21H26N2O6S. The molecule has 0 spiro atoms. The first-order valence-corrected chi connectivity index (χ1v) is 11.0. The summed E-state index contributed by atoms with van der Waals surface area (Å²) in [5, 5.41) is 2.97. The first-order valence-electron chi connectivity index (χ1n) is 9.56. The number of rotatable bonds is 7. The Kier molecular flexibility index (Phi) is 6.84. The van der Waals surface area contributed by atoms with Crippen LogP contribution in [0.4, 0.5) is 0 Å². The first kappa shape index (κ1) is 21.9. The Labute approximate surface area is 176 Å². The number of carbonyl (C=O) groups is 1. The van der Waals surface area contributed by atoms with Gasteiger partial charge in [-0.25, -0.2) is 8.42 Å². The van der Waals surface area contributed by atoms with Crippen LogP contribution < -0.4 is 19.5 Å². The fraction of sp³-hybridized carbons (Fsp3) is 0.381.